The first kappa shape index (κ1) is 11.5. The van der Waals surface area contributed by atoms with Crippen molar-refractivity contribution in [1.82, 2.24) is 4.98 Å². The van der Waals surface area contributed by atoms with Crippen molar-refractivity contribution in [3.05, 3.63) is 64.6 Å². The molecule has 0 unspecified atom stereocenters. The van der Waals surface area contributed by atoms with Crippen LogP contribution >= 0.6 is 23.2 Å². The van der Waals surface area contributed by atoms with E-state index in [1.807, 2.05) is 54.6 Å². The standard InChI is InChI=1S/C15H9Cl2N/c16-12-7-3-2-6-11(12)15-13(17)9-10-5-1-4-8-14(10)18-15/h1-9H. The fraction of sp³-hybridized carbons (Fsp3) is 0. The van der Waals surface area contributed by atoms with Gasteiger partial charge in [-0.2, -0.15) is 0 Å². The molecule has 0 radical (unpaired) electrons. The third-order valence-electron chi connectivity index (χ3n) is 2.81. The number of aromatic nitrogens is 1. The monoisotopic (exact) mass is 273 g/mol. The molecule has 0 aliphatic heterocycles. The van der Waals surface area contributed by atoms with Crippen molar-refractivity contribution in [3.8, 4) is 11.3 Å². The van der Waals surface area contributed by atoms with Gasteiger partial charge in [0.15, 0.2) is 0 Å². The first-order chi connectivity index (χ1) is 8.75. The maximum atomic E-state index is 6.29. The van der Waals surface area contributed by atoms with Crippen LogP contribution in [-0.2, 0) is 0 Å². The molecule has 0 bridgehead atoms. The number of para-hydroxylation sites is 1. The average Bonchev–Trinajstić information content (AvgIpc) is 2.39. The Morgan fingerprint density at radius 2 is 1.50 bits per heavy atom. The fourth-order valence-corrected chi connectivity index (χ4v) is 2.42. The Kier molecular flexibility index (Phi) is 2.94. The number of fused-ring (bicyclic) bond motifs is 1. The van der Waals surface area contributed by atoms with Crippen LogP contribution < -0.4 is 0 Å². The normalized spacial score (nSPS) is 10.8. The third kappa shape index (κ3) is 1.96. The Balaban J connectivity index is 2.30. The summed E-state index contributed by atoms with van der Waals surface area (Å²) < 4.78 is 0. The lowest BCUT2D eigenvalue weighted by molar-refractivity contribution is 1.40. The number of halogens is 2. The zero-order chi connectivity index (χ0) is 12.5. The Hall–Kier alpha value is -1.57. The zero-order valence-electron chi connectivity index (χ0n) is 9.40. The molecule has 1 aromatic heterocycles. The predicted octanol–water partition coefficient (Wildman–Crippen LogP) is 5.21. The summed E-state index contributed by atoms with van der Waals surface area (Å²) in [6, 6.07) is 17.4. The molecule has 0 amide bonds. The SMILES string of the molecule is Clc1ccccc1-c1nc2ccccc2cc1Cl. The second kappa shape index (κ2) is 4.60. The van der Waals surface area contributed by atoms with Gasteiger partial charge < -0.3 is 0 Å². The van der Waals surface area contributed by atoms with Gasteiger partial charge in [0.1, 0.15) is 0 Å². The number of hydrogen-bond acceptors (Lipinski definition) is 1. The van der Waals surface area contributed by atoms with E-state index in [-0.39, 0.29) is 0 Å². The van der Waals surface area contributed by atoms with Crippen molar-refractivity contribution in [2.24, 2.45) is 0 Å². The number of hydrogen-bond donors (Lipinski definition) is 0. The van der Waals surface area contributed by atoms with E-state index in [0.29, 0.717) is 10.0 Å². The molecule has 2 aromatic carbocycles. The minimum absolute atomic E-state index is 0.613. The Morgan fingerprint density at radius 1 is 0.778 bits per heavy atom. The minimum atomic E-state index is 0.613. The van der Waals surface area contributed by atoms with E-state index in [1.165, 1.54) is 0 Å². The minimum Gasteiger partial charge on any atom is -0.246 e. The quantitative estimate of drug-likeness (QED) is 0.593. The Labute approximate surface area is 115 Å². The van der Waals surface area contributed by atoms with Crippen LogP contribution in [0.25, 0.3) is 22.2 Å². The van der Waals surface area contributed by atoms with Gasteiger partial charge in [0.2, 0.25) is 0 Å². The van der Waals surface area contributed by atoms with Crippen LogP contribution in [0.5, 0.6) is 0 Å². The topological polar surface area (TPSA) is 12.9 Å². The number of pyridine rings is 1. The van der Waals surface area contributed by atoms with E-state index in [9.17, 15) is 0 Å². The lowest BCUT2D eigenvalue weighted by Crippen LogP contribution is -1.88. The van der Waals surface area contributed by atoms with Gasteiger partial charge in [-0.1, -0.05) is 59.6 Å². The van der Waals surface area contributed by atoms with Crippen LogP contribution in [0.3, 0.4) is 0 Å². The summed E-state index contributed by atoms with van der Waals surface area (Å²) in [4.78, 5) is 4.59. The Morgan fingerprint density at radius 3 is 2.33 bits per heavy atom. The molecule has 1 nitrogen and oxygen atoms in total. The summed E-state index contributed by atoms with van der Waals surface area (Å²) in [6.45, 7) is 0. The van der Waals surface area contributed by atoms with Crippen LogP contribution in [0.15, 0.2) is 54.6 Å². The molecule has 0 aliphatic carbocycles. The van der Waals surface area contributed by atoms with Crippen LogP contribution in [0, 0.1) is 0 Å². The van der Waals surface area contributed by atoms with E-state index in [0.717, 1.165) is 22.2 Å². The lowest BCUT2D eigenvalue weighted by atomic mass is 10.1. The van der Waals surface area contributed by atoms with Gasteiger partial charge in [-0.05, 0) is 18.2 Å². The van der Waals surface area contributed by atoms with Gasteiger partial charge in [0.05, 0.1) is 21.3 Å². The first-order valence-corrected chi connectivity index (χ1v) is 6.31. The Bertz CT molecular complexity index is 723. The van der Waals surface area contributed by atoms with E-state index in [4.69, 9.17) is 23.2 Å². The van der Waals surface area contributed by atoms with E-state index in [1.54, 1.807) is 0 Å². The largest absolute Gasteiger partial charge is 0.246 e. The van der Waals surface area contributed by atoms with Crippen molar-refractivity contribution < 1.29 is 0 Å². The second-order valence-electron chi connectivity index (χ2n) is 3.99. The molecule has 0 aliphatic rings. The van der Waals surface area contributed by atoms with E-state index >= 15 is 0 Å². The van der Waals surface area contributed by atoms with Gasteiger partial charge in [-0.3, -0.25) is 0 Å². The molecule has 3 rings (SSSR count). The van der Waals surface area contributed by atoms with Crippen molar-refractivity contribution in [2.75, 3.05) is 0 Å². The molecule has 3 heteroatoms. The summed E-state index contributed by atoms with van der Waals surface area (Å²) >= 11 is 12.5. The molecule has 3 aromatic rings. The number of nitrogens with zero attached hydrogens (tertiary/aromatic N) is 1. The average molecular weight is 274 g/mol. The highest BCUT2D eigenvalue weighted by atomic mass is 35.5. The third-order valence-corrected chi connectivity index (χ3v) is 3.42. The van der Waals surface area contributed by atoms with E-state index < -0.39 is 0 Å². The van der Waals surface area contributed by atoms with Gasteiger partial charge in [-0.15, -0.1) is 0 Å². The van der Waals surface area contributed by atoms with Gasteiger partial charge in [0, 0.05) is 10.9 Å². The molecule has 18 heavy (non-hydrogen) atoms. The summed E-state index contributed by atoms with van der Waals surface area (Å²) in [7, 11) is 0. The van der Waals surface area contributed by atoms with Crippen LogP contribution in [-0.4, -0.2) is 4.98 Å². The lowest BCUT2D eigenvalue weighted by Gasteiger charge is -2.07. The molecule has 0 spiro atoms. The van der Waals surface area contributed by atoms with E-state index in [2.05, 4.69) is 4.98 Å². The van der Waals surface area contributed by atoms with Crippen LogP contribution in [0.1, 0.15) is 0 Å². The van der Waals surface area contributed by atoms with Crippen molar-refractivity contribution in [3.63, 3.8) is 0 Å². The second-order valence-corrected chi connectivity index (χ2v) is 4.81. The van der Waals surface area contributed by atoms with Crippen molar-refractivity contribution in [1.29, 1.82) is 0 Å². The summed E-state index contributed by atoms with van der Waals surface area (Å²) in [5.74, 6) is 0. The van der Waals surface area contributed by atoms with Crippen molar-refractivity contribution >= 4 is 34.1 Å². The van der Waals surface area contributed by atoms with Crippen LogP contribution in [0.4, 0.5) is 0 Å². The molecular weight excluding hydrogens is 265 g/mol. The number of rotatable bonds is 1. The van der Waals surface area contributed by atoms with Gasteiger partial charge >= 0.3 is 0 Å². The van der Waals surface area contributed by atoms with Gasteiger partial charge in [-0.25, -0.2) is 4.98 Å². The molecule has 0 saturated heterocycles. The highest BCUT2D eigenvalue weighted by Gasteiger charge is 2.10. The van der Waals surface area contributed by atoms with Gasteiger partial charge in [0.25, 0.3) is 0 Å². The smallest absolute Gasteiger partial charge is 0.0910 e. The fourth-order valence-electron chi connectivity index (χ4n) is 1.93. The molecule has 0 atom stereocenters. The summed E-state index contributed by atoms with van der Waals surface area (Å²) in [5, 5.41) is 2.29. The van der Waals surface area contributed by atoms with Crippen LogP contribution in [0.2, 0.25) is 10.0 Å². The molecule has 0 fully saturated rings. The first-order valence-electron chi connectivity index (χ1n) is 5.56. The highest BCUT2D eigenvalue weighted by molar-refractivity contribution is 6.36. The molecular formula is C15H9Cl2N. The summed E-state index contributed by atoms with van der Waals surface area (Å²) in [6.07, 6.45) is 0. The van der Waals surface area contributed by atoms with Crippen molar-refractivity contribution in [2.45, 2.75) is 0 Å². The molecule has 88 valence electrons. The number of benzene rings is 2. The highest BCUT2D eigenvalue weighted by Crippen LogP contribution is 2.33. The maximum absolute atomic E-state index is 6.29. The molecule has 1 heterocycles. The summed E-state index contributed by atoms with van der Waals surface area (Å²) in [5.41, 5.74) is 2.49. The zero-order valence-corrected chi connectivity index (χ0v) is 10.9. The molecule has 0 saturated carbocycles. The molecule has 0 N–H and O–H groups in total. The maximum Gasteiger partial charge on any atom is 0.0910 e. The predicted molar refractivity (Wildman–Crippen MR) is 77.2 cm³/mol.